The Bertz CT molecular complexity index is 122. The molecule has 0 aromatic heterocycles. The molecule has 0 radical (unpaired) electrons. The van der Waals surface area contributed by atoms with Gasteiger partial charge in [-0.3, -0.25) is 0 Å². The van der Waals surface area contributed by atoms with E-state index in [-0.39, 0.29) is 0 Å². The third-order valence-corrected chi connectivity index (χ3v) is 3.43. The summed E-state index contributed by atoms with van der Waals surface area (Å²) in [6.45, 7) is 9.91. The Morgan fingerprint density at radius 3 is 1.93 bits per heavy atom. The monoisotopic (exact) mass is 200 g/mol. The first-order valence-corrected chi connectivity index (χ1v) is 6.14. The Kier molecular flexibility index (Phi) is 7.20. The molecule has 0 heterocycles. The fraction of sp³-hybridized carbons (Fsp3) is 1.00. The van der Waals surface area contributed by atoms with Crippen molar-refractivity contribution in [3.8, 4) is 0 Å². The van der Waals surface area contributed by atoms with Crippen LogP contribution in [0.4, 0.5) is 0 Å². The van der Waals surface area contributed by atoms with Gasteiger partial charge in [0.05, 0.1) is 0 Å². The molecule has 0 aliphatic rings. The van der Waals surface area contributed by atoms with Crippen molar-refractivity contribution >= 4 is 0 Å². The largest absolute Gasteiger partial charge is 0.327 e. The van der Waals surface area contributed by atoms with Crippen molar-refractivity contribution in [3.05, 3.63) is 0 Å². The summed E-state index contributed by atoms with van der Waals surface area (Å²) >= 11 is 0. The Balaban J connectivity index is 3.92. The third-order valence-electron chi connectivity index (χ3n) is 3.43. The molecule has 0 aliphatic heterocycles. The fourth-order valence-corrected chi connectivity index (χ4v) is 1.95. The Morgan fingerprint density at radius 1 is 1.07 bits per heavy atom. The molecule has 0 saturated heterocycles. The van der Waals surface area contributed by atoms with Crippen molar-refractivity contribution in [1.82, 2.24) is 5.32 Å². The lowest BCUT2D eigenvalue weighted by Crippen LogP contribution is -2.48. The van der Waals surface area contributed by atoms with E-state index >= 15 is 0 Å². The lowest BCUT2D eigenvalue weighted by molar-refractivity contribution is 0.281. The van der Waals surface area contributed by atoms with E-state index in [1.54, 1.807) is 0 Å². The van der Waals surface area contributed by atoms with Gasteiger partial charge in [0.15, 0.2) is 0 Å². The van der Waals surface area contributed by atoms with Gasteiger partial charge in [0.2, 0.25) is 0 Å². The molecule has 0 amide bonds. The molecule has 2 heteroatoms. The highest BCUT2D eigenvalue weighted by Gasteiger charge is 2.23. The maximum Gasteiger partial charge on any atom is 0.0174 e. The average molecular weight is 200 g/mol. The number of hydrogen-bond acceptors (Lipinski definition) is 2. The number of nitrogens with two attached hydrogens (primary N) is 1. The van der Waals surface area contributed by atoms with Crippen LogP contribution < -0.4 is 11.1 Å². The number of rotatable bonds is 8. The molecule has 3 N–H and O–H groups in total. The summed E-state index contributed by atoms with van der Waals surface area (Å²) in [7, 11) is 0. The van der Waals surface area contributed by atoms with Gasteiger partial charge in [-0.05, 0) is 25.7 Å². The molecule has 0 aromatic rings. The summed E-state index contributed by atoms with van der Waals surface area (Å²) in [4.78, 5) is 0. The van der Waals surface area contributed by atoms with Crippen LogP contribution in [0.3, 0.4) is 0 Å². The second-order valence-corrected chi connectivity index (χ2v) is 4.27. The molecular weight excluding hydrogens is 172 g/mol. The normalized spacial score (nSPS) is 14.4. The fourth-order valence-electron chi connectivity index (χ4n) is 1.95. The van der Waals surface area contributed by atoms with Gasteiger partial charge >= 0.3 is 0 Å². The van der Waals surface area contributed by atoms with Gasteiger partial charge in [-0.1, -0.05) is 34.1 Å². The maximum atomic E-state index is 5.99. The predicted molar refractivity (Wildman–Crippen MR) is 64.5 cm³/mol. The lowest BCUT2D eigenvalue weighted by atomic mass is 9.89. The topological polar surface area (TPSA) is 38.0 Å². The molecule has 2 nitrogen and oxygen atoms in total. The standard InChI is InChI=1S/C12H28N2/c1-5-9-11(13)10-14-12(6-2,7-3)8-4/h11,14H,5-10,13H2,1-4H3. The Labute approximate surface area is 89.6 Å². The molecule has 0 spiro atoms. The van der Waals surface area contributed by atoms with Crippen LogP contribution in [0.1, 0.15) is 59.8 Å². The highest BCUT2D eigenvalue weighted by molar-refractivity contribution is 4.85. The van der Waals surface area contributed by atoms with Crippen molar-refractivity contribution in [2.45, 2.75) is 71.4 Å². The minimum atomic E-state index is 0.323. The van der Waals surface area contributed by atoms with Gasteiger partial charge in [0.1, 0.15) is 0 Å². The molecule has 0 aromatic carbocycles. The summed E-state index contributed by atoms with van der Waals surface area (Å²) < 4.78 is 0. The molecule has 1 atom stereocenters. The van der Waals surface area contributed by atoms with E-state index in [2.05, 4.69) is 33.0 Å². The summed E-state index contributed by atoms with van der Waals surface area (Å²) in [5.41, 5.74) is 6.32. The van der Waals surface area contributed by atoms with E-state index in [4.69, 9.17) is 5.73 Å². The van der Waals surface area contributed by atoms with Gasteiger partial charge < -0.3 is 11.1 Å². The summed E-state index contributed by atoms with van der Waals surface area (Å²) in [5.74, 6) is 0. The van der Waals surface area contributed by atoms with E-state index in [1.807, 2.05) is 0 Å². The van der Waals surface area contributed by atoms with Crippen LogP contribution in [0.2, 0.25) is 0 Å². The van der Waals surface area contributed by atoms with Gasteiger partial charge in [0.25, 0.3) is 0 Å². The second kappa shape index (κ2) is 7.24. The van der Waals surface area contributed by atoms with Crippen LogP contribution in [0.5, 0.6) is 0 Å². The second-order valence-electron chi connectivity index (χ2n) is 4.27. The SMILES string of the molecule is CCCC(N)CNC(CC)(CC)CC. The summed E-state index contributed by atoms with van der Waals surface area (Å²) in [6.07, 6.45) is 5.89. The molecule has 86 valence electrons. The predicted octanol–water partition coefficient (Wildman–Crippen LogP) is 2.67. The van der Waals surface area contributed by atoms with Crippen molar-refractivity contribution in [2.24, 2.45) is 5.73 Å². The van der Waals surface area contributed by atoms with Gasteiger partial charge in [0, 0.05) is 18.1 Å². The van der Waals surface area contributed by atoms with Crippen LogP contribution in [-0.2, 0) is 0 Å². The van der Waals surface area contributed by atoms with E-state index < -0.39 is 0 Å². The van der Waals surface area contributed by atoms with Crippen LogP contribution in [0.25, 0.3) is 0 Å². The Morgan fingerprint density at radius 2 is 1.57 bits per heavy atom. The zero-order valence-electron chi connectivity index (χ0n) is 10.4. The van der Waals surface area contributed by atoms with E-state index in [0.717, 1.165) is 13.0 Å². The van der Waals surface area contributed by atoms with Crippen LogP contribution in [0.15, 0.2) is 0 Å². The van der Waals surface area contributed by atoms with Crippen LogP contribution in [0, 0.1) is 0 Å². The molecule has 0 fully saturated rings. The van der Waals surface area contributed by atoms with Crippen molar-refractivity contribution in [3.63, 3.8) is 0 Å². The average Bonchev–Trinajstić information content (AvgIpc) is 2.21. The highest BCUT2D eigenvalue weighted by Crippen LogP contribution is 2.18. The molecule has 0 bridgehead atoms. The molecule has 14 heavy (non-hydrogen) atoms. The van der Waals surface area contributed by atoms with Crippen LogP contribution >= 0.6 is 0 Å². The molecule has 0 aliphatic carbocycles. The highest BCUT2D eigenvalue weighted by atomic mass is 15.0. The molecule has 1 unspecified atom stereocenters. The van der Waals surface area contributed by atoms with Gasteiger partial charge in [-0.25, -0.2) is 0 Å². The first-order chi connectivity index (χ1) is 6.64. The lowest BCUT2D eigenvalue weighted by Gasteiger charge is -2.33. The zero-order valence-corrected chi connectivity index (χ0v) is 10.4. The van der Waals surface area contributed by atoms with Crippen LogP contribution in [-0.4, -0.2) is 18.1 Å². The van der Waals surface area contributed by atoms with Crippen molar-refractivity contribution in [1.29, 1.82) is 0 Å². The van der Waals surface area contributed by atoms with E-state index in [0.29, 0.717) is 11.6 Å². The molecule has 0 saturated carbocycles. The minimum absolute atomic E-state index is 0.323. The third kappa shape index (κ3) is 4.43. The zero-order chi connectivity index (χ0) is 11.0. The van der Waals surface area contributed by atoms with Crippen molar-refractivity contribution in [2.75, 3.05) is 6.54 Å². The molecule has 0 rings (SSSR count). The quantitative estimate of drug-likeness (QED) is 0.632. The van der Waals surface area contributed by atoms with E-state index in [9.17, 15) is 0 Å². The van der Waals surface area contributed by atoms with Gasteiger partial charge in [-0.15, -0.1) is 0 Å². The van der Waals surface area contributed by atoms with Crippen molar-refractivity contribution < 1.29 is 0 Å². The first kappa shape index (κ1) is 13.9. The summed E-state index contributed by atoms with van der Waals surface area (Å²) in [5, 5.41) is 3.64. The maximum absolute atomic E-state index is 5.99. The Hall–Kier alpha value is -0.0800. The first-order valence-electron chi connectivity index (χ1n) is 6.14. The number of nitrogens with one attached hydrogen (secondary N) is 1. The van der Waals surface area contributed by atoms with Gasteiger partial charge in [-0.2, -0.15) is 0 Å². The van der Waals surface area contributed by atoms with E-state index in [1.165, 1.54) is 25.7 Å². The molecular formula is C12H28N2. The minimum Gasteiger partial charge on any atom is -0.327 e. The summed E-state index contributed by atoms with van der Waals surface area (Å²) in [6, 6.07) is 0.323. The smallest absolute Gasteiger partial charge is 0.0174 e. The number of hydrogen-bond donors (Lipinski definition) is 2.